The van der Waals surface area contributed by atoms with Gasteiger partial charge in [-0.25, -0.2) is 9.78 Å². The molecule has 0 atom stereocenters. The van der Waals surface area contributed by atoms with Gasteiger partial charge in [0, 0.05) is 12.2 Å². The SMILES string of the molecule is Cc1ccc(/C=C2\CCn3c2nc2cc(NC(=O)c4ccccc4C(=O)O)ccc2c3=O)cc1. The van der Waals surface area contributed by atoms with E-state index in [0.29, 0.717) is 35.4 Å². The molecule has 2 N–H and O–H groups in total. The fourth-order valence-electron chi connectivity index (χ4n) is 4.16. The van der Waals surface area contributed by atoms with Crippen LogP contribution in [0.3, 0.4) is 0 Å². The smallest absolute Gasteiger partial charge is 0.336 e. The number of aryl methyl sites for hydroxylation is 1. The number of carbonyl (C=O) groups excluding carboxylic acids is 1. The number of nitrogens with zero attached hydrogens (tertiary/aromatic N) is 2. The molecule has 0 aliphatic carbocycles. The lowest BCUT2D eigenvalue weighted by molar-refractivity contribution is 0.0692. The summed E-state index contributed by atoms with van der Waals surface area (Å²) in [7, 11) is 0. The summed E-state index contributed by atoms with van der Waals surface area (Å²) in [6.45, 7) is 2.60. The summed E-state index contributed by atoms with van der Waals surface area (Å²) in [5.74, 6) is -1.10. The normalized spacial score (nSPS) is 13.7. The van der Waals surface area contributed by atoms with Crippen LogP contribution in [0, 0.1) is 6.92 Å². The molecule has 4 aromatic rings. The van der Waals surface area contributed by atoms with E-state index in [1.807, 2.05) is 37.3 Å². The number of hydrogen-bond acceptors (Lipinski definition) is 4. The molecule has 1 aliphatic heterocycles. The highest BCUT2D eigenvalue weighted by molar-refractivity contribution is 6.11. The topological polar surface area (TPSA) is 101 Å². The van der Waals surface area contributed by atoms with Crippen molar-refractivity contribution >= 4 is 40.1 Å². The van der Waals surface area contributed by atoms with Crippen molar-refractivity contribution in [1.29, 1.82) is 0 Å². The molecular weight excluding hydrogens is 430 g/mol. The Morgan fingerprint density at radius 3 is 2.50 bits per heavy atom. The molecule has 0 radical (unpaired) electrons. The largest absolute Gasteiger partial charge is 0.478 e. The van der Waals surface area contributed by atoms with Gasteiger partial charge in [-0.3, -0.25) is 14.2 Å². The maximum atomic E-state index is 13.1. The summed E-state index contributed by atoms with van der Waals surface area (Å²) >= 11 is 0. The van der Waals surface area contributed by atoms with Gasteiger partial charge in [0.2, 0.25) is 0 Å². The van der Waals surface area contributed by atoms with E-state index >= 15 is 0 Å². The van der Waals surface area contributed by atoms with Gasteiger partial charge >= 0.3 is 5.97 Å². The first-order chi connectivity index (χ1) is 16.4. The number of carboxylic acids is 1. The highest BCUT2D eigenvalue weighted by Gasteiger charge is 2.21. The maximum Gasteiger partial charge on any atom is 0.336 e. The van der Waals surface area contributed by atoms with Crippen LogP contribution in [0.5, 0.6) is 0 Å². The van der Waals surface area contributed by atoms with Crippen LogP contribution in [0.2, 0.25) is 0 Å². The van der Waals surface area contributed by atoms with Crippen LogP contribution >= 0.6 is 0 Å². The summed E-state index contributed by atoms with van der Waals surface area (Å²) in [4.78, 5) is 42.0. The maximum absolute atomic E-state index is 13.1. The summed E-state index contributed by atoms with van der Waals surface area (Å²) in [5, 5.41) is 12.5. The fraction of sp³-hybridized carbons (Fsp3) is 0.111. The Kier molecular flexibility index (Phi) is 5.30. The number of carboxylic acid groups (broad SMARTS) is 1. The highest BCUT2D eigenvalue weighted by atomic mass is 16.4. The third-order valence-corrected chi connectivity index (χ3v) is 5.93. The molecule has 0 saturated heterocycles. The van der Waals surface area contributed by atoms with Gasteiger partial charge in [0.15, 0.2) is 0 Å². The molecule has 1 amide bonds. The van der Waals surface area contributed by atoms with Crippen molar-refractivity contribution in [2.45, 2.75) is 19.9 Å². The Balaban J connectivity index is 1.51. The van der Waals surface area contributed by atoms with Crippen LogP contribution < -0.4 is 10.9 Å². The number of aromatic nitrogens is 2. The molecule has 2 heterocycles. The molecule has 34 heavy (non-hydrogen) atoms. The molecule has 0 bridgehead atoms. The predicted molar refractivity (Wildman–Crippen MR) is 131 cm³/mol. The standard InChI is InChI=1S/C27H21N3O4/c1-16-6-8-17(9-7-16)14-18-12-13-30-24(18)29-23-15-19(10-11-22(23)26(30)32)28-25(31)20-4-2-3-5-21(20)27(33)34/h2-11,14-15H,12-13H2,1H3,(H,28,31)(H,33,34)/b18-14+. The minimum atomic E-state index is -1.18. The van der Waals surface area contributed by atoms with Gasteiger partial charge in [-0.15, -0.1) is 0 Å². The van der Waals surface area contributed by atoms with Gasteiger partial charge in [0.05, 0.1) is 22.0 Å². The monoisotopic (exact) mass is 451 g/mol. The van der Waals surface area contributed by atoms with Gasteiger partial charge in [-0.2, -0.15) is 0 Å². The van der Waals surface area contributed by atoms with E-state index in [-0.39, 0.29) is 16.7 Å². The molecule has 0 saturated carbocycles. The Morgan fingerprint density at radius 1 is 1.03 bits per heavy atom. The van der Waals surface area contributed by atoms with Crippen molar-refractivity contribution in [3.05, 3.63) is 105 Å². The minimum Gasteiger partial charge on any atom is -0.478 e. The minimum absolute atomic E-state index is 0.0559. The van der Waals surface area contributed by atoms with Crippen LogP contribution in [-0.2, 0) is 6.54 Å². The Bertz CT molecular complexity index is 1550. The lowest BCUT2D eigenvalue weighted by Gasteiger charge is -2.10. The molecule has 1 aliphatic rings. The molecule has 5 rings (SSSR count). The van der Waals surface area contributed by atoms with E-state index < -0.39 is 11.9 Å². The van der Waals surface area contributed by atoms with Crippen molar-refractivity contribution in [3.8, 4) is 0 Å². The quantitative estimate of drug-likeness (QED) is 0.472. The first kappa shape index (κ1) is 21.3. The van der Waals surface area contributed by atoms with Gasteiger partial charge in [0.1, 0.15) is 5.82 Å². The molecule has 168 valence electrons. The highest BCUT2D eigenvalue weighted by Crippen LogP contribution is 2.28. The second kappa shape index (κ2) is 8.44. The molecule has 7 nitrogen and oxygen atoms in total. The molecule has 1 aromatic heterocycles. The molecular formula is C27H21N3O4. The third-order valence-electron chi connectivity index (χ3n) is 5.93. The number of aromatic carboxylic acids is 1. The molecule has 0 unspecified atom stereocenters. The Labute approximate surface area is 195 Å². The summed E-state index contributed by atoms with van der Waals surface area (Å²) in [5.41, 5.74) is 3.94. The lowest BCUT2D eigenvalue weighted by atomic mass is 10.1. The van der Waals surface area contributed by atoms with Crippen molar-refractivity contribution in [2.75, 3.05) is 5.32 Å². The van der Waals surface area contributed by atoms with Crippen molar-refractivity contribution < 1.29 is 14.7 Å². The van der Waals surface area contributed by atoms with E-state index in [1.54, 1.807) is 34.9 Å². The van der Waals surface area contributed by atoms with E-state index in [0.717, 1.165) is 11.1 Å². The zero-order valence-electron chi connectivity index (χ0n) is 18.4. The summed E-state index contributed by atoms with van der Waals surface area (Å²) in [6.07, 6.45) is 2.76. The average Bonchev–Trinajstić information content (AvgIpc) is 3.23. The number of allylic oxidation sites excluding steroid dienone is 1. The van der Waals surface area contributed by atoms with Crippen molar-refractivity contribution in [3.63, 3.8) is 0 Å². The van der Waals surface area contributed by atoms with E-state index in [1.165, 1.54) is 17.7 Å². The first-order valence-electron chi connectivity index (χ1n) is 10.9. The van der Waals surface area contributed by atoms with E-state index in [4.69, 9.17) is 4.98 Å². The number of carbonyl (C=O) groups is 2. The van der Waals surface area contributed by atoms with Crippen LogP contribution in [0.25, 0.3) is 22.6 Å². The molecule has 0 fully saturated rings. The zero-order valence-corrected chi connectivity index (χ0v) is 18.4. The Morgan fingerprint density at radius 2 is 1.76 bits per heavy atom. The predicted octanol–water partition coefficient (Wildman–Crippen LogP) is 4.60. The Hall–Kier alpha value is -4.52. The molecule has 3 aromatic carbocycles. The summed E-state index contributed by atoms with van der Waals surface area (Å²) in [6, 6.07) is 19.1. The first-order valence-corrected chi connectivity index (χ1v) is 10.9. The number of benzene rings is 3. The van der Waals surface area contributed by atoms with E-state index in [2.05, 4.69) is 5.32 Å². The third kappa shape index (κ3) is 3.88. The number of nitrogens with one attached hydrogen (secondary N) is 1. The number of amides is 1. The van der Waals surface area contributed by atoms with Gasteiger partial charge in [0.25, 0.3) is 11.5 Å². The lowest BCUT2D eigenvalue weighted by Crippen LogP contribution is -2.21. The van der Waals surface area contributed by atoms with Crippen molar-refractivity contribution in [1.82, 2.24) is 9.55 Å². The fourth-order valence-corrected chi connectivity index (χ4v) is 4.16. The van der Waals surface area contributed by atoms with Gasteiger partial charge in [-0.05, 0) is 60.9 Å². The number of rotatable bonds is 4. The van der Waals surface area contributed by atoms with Crippen LogP contribution in [0.4, 0.5) is 5.69 Å². The second-order valence-electron chi connectivity index (χ2n) is 8.26. The van der Waals surface area contributed by atoms with Crippen molar-refractivity contribution in [2.24, 2.45) is 0 Å². The molecule has 0 spiro atoms. The van der Waals surface area contributed by atoms with Gasteiger partial charge in [-0.1, -0.05) is 42.0 Å². The van der Waals surface area contributed by atoms with Crippen LogP contribution in [0.1, 0.15) is 44.1 Å². The molecule has 7 heteroatoms. The van der Waals surface area contributed by atoms with Crippen LogP contribution in [-0.4, -0.2) is 26.5 Å². The van der Waals surface area contributed by atoms with Gasteiger partial charge < -0.3 is 10.4 Å². The summed E-state index contributed by atoms with van der Waals surface area (Å²) < 4.78 is 1.68. The number of hydrogen-bond donors (Lipinski definition) is 2. The van der Waals surface area contributed by atoms with E-state index in [9.17, 15) is 19.5 Å². The average molecular weight is 451 g/mol. The number of fused-ring (bicyclic) bond motifs is 2. The number of anilines is 1. The zero-order chi connectivity index (χ0) is 23.8. The second-order valence-corrected chi connectivity index (χ2v) is 8.26. The van der Waals surface area contributed by atoms with Crippen LogP contribution in [0.15, 0.2) is 71.5 Å².